The van der Waals surface area contributed by atoms with Crippen molar-refractivity contribution in [3.63, 3.8) is 0 Å². The molecule has 28 heavy (non-hydrogen) atoms. The van der Waals surface area contributed by atoms with Crippen LogP contribution in [0.1, 0.15) is 25.0 Å². The summed E-state index contributed by atoms with van der Waals surface area (Å²) < 4.78 is 16.3. The number of nitrogens with one attached hydrogen (secondary N) is 1. The highest BCUT2D eigenvalue weighted by Crippen LogP contribution is 2.35. The maximum atomic E-state index is 11.9. The summed E-state index contributed by atoms with van der Waals surface area (Å²) in [5.74, 6) is -0.0164. The lowest BCUT2D eigenvalue weighted by Gasteiger charge is -2.15. The van der Waals surface area contributed by atoms with E-state index in [0.29, 0.717) is 17.9 Å². The number of rotatable bonds is 8. The lowest BCUT2D eigenvalue weighted by Crippen LogP contribution is -2.38. The van der Waals surface area contributed by atoms with Crippen LogP contribution in [-0.2, 0) is 25.5 Å². The van der Waals surface area contributed by atoms with Crippen LogP contribution in [0.2, 0.25) is 0 Å². The zero-order valence-electron chi connectivity index (χ0n) is 16.6. The van der Waals surface area contributed by atoms with Gasteiger partial charge in [0.25, 0.3) is 5.91 Å². The SMILES string of the molecule is CCOc1cc2c(cc1/C=C/C(=O)OCC(=O)N(C)CC(=O)NC)O[C@H](C)C2. The molecule has 2 amide bonds. The number of carbonyl (C=O) groups excluding carboxylic acids is 3. The molecule has 152 valence electrons. The topological polar surface area (TPSA) is 94.2 Å². The van der Waals surface area contributed by atoms with Crippen LogP contribution in [0, 0.1) is 0 Å². The zero-order valence-corrected chi connectivity index (χ0v) is 16.6. The largest absolute Gasteiger partial charge is 0.493 e. The Morgan fingerprint density at radius 1 is 1.36 bits per heavy atom. The van der Waals surface area contributed by atoms with E-state index >= 15 is 0 Å². The van der Waals surface area contributed by atoms with Crippen molar-refractivity contribution in [2.45, 2.75) is 26.4 Å². The first-order chi connectivity index (χ1) is 13.3. The Morgan fingerprint density at radius 2 is 2.11 bits per heavy atom. The highest BCUT2D eigenvalue weighted by atomic mass is 16.5. The van der Waals surface area contributed by atoms with E-state index in [4.69, 9.17) is 14.2 Å². The summed E-state index contributed by atoms with van der Waals surface area (Å²) in [7, 11) is 2.94. The van der Waals surface area contributed by atoms with E-state index in [2.05, 4.69) is 5.32 Å². The number of ether oxygens (including phenoxy) is 3. The number of nitrogens with zero attached hydrogens (tertiary/aromatic N) is 1. The first-order valence-corrected chi connectivity index (χ1v) is 9.09. The molecule has 1 aromatic rings. The molecule has 0 aromatic heterocycles. The number of hydrogen-bond donors (Lipinski definition) is 1. The van der Waals surface area contributed by atoms with E-state index in [-0.39, 0.29) is 18.6 Å². The van der Waals surface area contributed by atoms with Crippen molar-refractivity contribution in [2.24, 2.45) is 0 Å². The molecular formula is C20H26N2O6. The lowest BCUT2D eigenvalue weighted by molar-refractivity contribution is -0.148. The third-order valence-electron chi connectivity index (χ3n) is 4.15. The zero-order chi connectivity index (χ0) is 20.7. The minimum Gasteiger partial charge on any atom is -0.493 e. The Bertz CT molecular complexity index is 774. The molecule has 0 saturated heterocycles. The van der Waals surface area contributed by atoms with Gasteiger partial charge in [-0.2, -0.15) is 0 Å². The number of amides is 2. The number of benzene rings is 1. The fraction of sp³-hybridized carbons (Fsp3) is 0.450. The molecule has 2 rings (SSSR count). The van der Waals surface area contributed by atoms with E-state index in [1.54, 1.807) is 6.08 Å². The first kappa shape index (κ1) is 21.3. The second-order valence-corrected chi connectivity index (χ2v) is 6.43. The summed E-state index contributed by atoms with van der Waals surface area (Å²) in [6, 6.07) is 3.75. The number of likely N-dealkylation sites (N-methyl/N-ethyl adjacent to an activating group) is 2. The van der Waals surface area contributed by atoms with Crippen molar-refractivity contribution in [1.29, 1.82) is 0 Å². The van der Waals surface area contributed by atoms with Crippen molar-refractivity contribution < 1.29 is 28.6 Å². The number of carbonyl (C=O) groups is 3. The molecule has 0 saturated carbocycles. The fourth-order valence-corrected chi connectivity index (χ4v) is 2.70. The van der Waals surface area contributed by atoms with Crippen LogP contribution in [-0.4, -0.2) is 62.6 Å². The standard InChI is InChI=1S/C20H26N2O6/c1-5-26-16-10-15-8-13(2)28-17(15)9-14(16)6-7-20(25)27-12-19(24)22(4)11-18(23)21-3/h6-7,9-10,13H,5,8,11-12H2,1-4H3,(H,21,23)/b7-6+/t13-/m1/s1. The summed E-state index contributed by atoms with van der Waals surface area (Å²) in [6.07, 6.45) is 3.71. The molecule has 1 atom stereocenters. The van der Waals surface area contributed by atoms with Gasteiger partial charge in [0.1, 0.15) is 17.6 Å². The lowest BCUT2D eigenvalue weighted by atomic mass is 10.1. The first-order valence-electron chi connectivity index (χ1n) is 9.09. The molecule has 1 aliphatic heterocycles. The maximum absolute atomic E-state index is 11.9. The molecule has 8 nitrogen and oxygen atoms in total. The molecule has 1 aromatic carbocycles. The molecule has 8 heteroatoms. The summed E-state index contributed by atoms with van der Waals surface area (Å²) in [6.45, 7) is 3.82. The highest BCUT2D eigenvalue weighted by Gasteiger charge is 2.21. The van der Waals surface area contributed by atoms with Gasteiger partial charge in [0.05, 0.1) is 13.2 Å². The molecule has 0 spiro atoms. The smallest absolute Gasteiger partial charge is 0.331 e. The van der Waals surface area contributed by atoms with E-state index < -0.39 is 18.5 Å². The van der Waals surface area contributed by atoms with Crippen LogP contribution >= 0.6 is 0 Å². The summed E-state index contributed by atoms with van der Waals surface area (Å²) >= 11 is 0. The average molecular weight is 390 g/mol. The minimum absolute atomic E-state index is 0.103. The van der Waals surface area contributed by atoms with Crippen molar-refractivity contribution in [2.75, 3.05) is 33.9 Å². The van der Waals surface area contributed by atoms with Crippen LogP contribution in [0.25, 0.3) is 6.08 Å². The predicted molar refractivity (Wildman–Crippen MR) is 103 cm³/mol. The van der Waals surface area contributed by atoms with Gasteiger partial charge in [-0.25, -0.2) is 4.79 Å². The quantitative estimate of drug-likeness (QED) is 0.529. The molecule has 1 heterocycles. The Hall–Kier alpha value is -3.03. The number of esters is 1. The van der Waals surface area contributed by atoms with Gasteiger partial charge in [-0.1, -0.05) is 0 Å². The van der Waals surface area contributed by atoms with Crippen molar-refractivity contribution in [3.05, 3.63) is 29.3 Å². The second-order valence-electron chi connectivity index (χ2n) is 6.43. The number of fused-ring (bicyclic) bond motifs is 1. The van der Waals surface area contributed by atoms with E-state index in [1.165, 1.54) is 25.1 Å². The highest BCUT2D eigenvalue weighted by molar-refractivity contribution is 5.90. The molecule has 0 bridgehead atoms. The van der Waals surface area contributed by atoms with Gasteiger partial charge < -0.3 is 24.4 Å². The van der Waals surface area contributed by atoms with Gasteiger partial charge in [0.15, 0.2) is 6.61 Å². The number of hydrogen-bond acceptors (Lipinski definition) is 6. The van der Waals surface area contributed by atoms with Crippen LogP contribution in [0.4, 0.5) is 0 Å². The third kappa shape index (κ3) is 5.73. The van der Waals surface area contributed by atoms with E-state index in [0.717, 1.165) is 17.7 Å². The minimum atomic E-state index is -0.668. The Morgan fingerprint density at radius 3 is 2.79 bits per heavy atom. The van der Waals surface area contributed by atoms with Gasteiger partial charge in [-0.3, -0.25) is 9.59 Å². The molecule has 0 unspecified atom stereocenters. The summed E-state index contributed by atoms with van der Waals surface area (Å²) in [5, 5.41) is 2.42. The molecule has 1 aliphatic rings. The van der Waals surface area contributed by atoms with Crippen LogP contribution < -0.4 is 14.8 Å². The van der Waals surface area contributed by atoms with Gasteiger partial charge in [0, 0.05) is 37.7 Å². The molecule has 0 fully saturated rings. The van der Waals surface area contributed by atoms with Crippen molar-refractivity contribution in [1.82, 2.24) is 10.2 Å². The van der Waals surface area contributed by atoms with Crippen LogP contribution in [0.15, 0.2) is 18.2 Å². The van der Waals surface area contributed by atoms with Crippen molar-refractivity contribution in [3.8, 4) is 11.5 Å². The van der Waals surface area contributed by atoms with E-state index in [1.807, 2.05) is 26.0 Å². The summed E-state index contributed by atoms with van der Waals surface area (Å²) in [5.41, 5.74) is 1.76. The third-order valence-corrected chi connectivity index (χ3v) is 4.15. The monoisotopic (exact) mass is 390 g/mol. The molecule has 0 aliphatic carbocycles. The normalized spacial score (nSPS) is 14.9. The van der Waals surface area contributed by atoms with Crippen LogP contribution in [0.3, 0.4) is 0 Å². The maximum Gasteiger partial charge on any atom is 0.331 e. The second kappa shape index (κ2) is 9.77. The molecule has 0 radical (unpaired) electrons. The predicted octanol–water partition coefficient (Wildman–Crippen LogP) is 1.17. The van der Waals surface area contributed by atoms with Gasteiger partial charge in [-0.15, -0.1) is 0 Å². The summed E-state index contributed by atoms with van der Waals surface area (Å²) in [4.78, 5) is 36.3. The Kier molecular flexibility index (Phi) is 7.43. The fourth-order valence-electron chi connectivity index (χ4n) is 2.70. The van der Waals surface area contributed by atoms with Crippen LogP contribution in [0.5, 0.6) is 11.5 Å². The van der Waals surface area contributed by atoms with Gasteiger partial charge in [-0.05, 0) is 32.1 Å². The Balaban J connectivity index is 1.97. The average Bonchev–Trinajstić information content (AvgIpc) is 3.02. The molecular weight excluding hydrogens is 364 g/mol. The van der Waals surface area contributed by atoms with Crippen molar-refractivity contribution >= 4 is 23.9 Å². The van der Waals surface area contributed by atoms with E-state index in [9.17, 15) is 14.4 Å². The Labute approximate surface area is 164 Å². The van der Waals surface area contributed by atoms with Gasteiger partial charge >= 0.3 is 5.97 Å². The van der Waals surface area contributed by atoms with Gasteiger partial charge in [0.2, 0.25) is 5.91 Å². The molecule has 1 N–H and O–H groups in total.